The molecule has 6 nitrogen and oxygen atoms in total. The topological polar surface area (TPSA) is 83.9 Å². The summed E-state index contributed by atoms with van der Waals surface area (Å²) in [7, 11) is 0. The number of nitrogens with one attached hydrogen (secondary N) is 1. The molecule has 0 saturated carbocycles. The van der Waals surface area contributed by atoms with Gasteiger partial charge in [-0.2, -0.15) is 0 Å². The number of carbonyl (C=O) groups is 1. The molecule has 0 spiro atoms. The van der Waals surface area contributed by atoms with Gasteiger partial charge in [-0.1, -0.05) is 77.9 Å². The third-order valence-corrected chi connectivity index (χ3v) is 7.30. The van der Waals surface area contributed by atoms with Crippen molar-refractivity contribution in [3.05, 3.63) is 101 Å². The van der Waals surface area contributed by atoms with E-state index in [0.29, 0.717) is 12.1 Å². The minimum absolute atomic E-state index is 0.0233. The van der Waals surface area contributed by atoms with Crippen LogP contribution in [0.2, 0.25) is 0 Å². The summed E-state index contributed by atoms with van der Waals surface area (Å²) in [5.74, 6) is 0.149. The normalized spacial score (nSPS) is 12.4. The summed E-state index contributed by atoms with van der Waals surface area (Å²) in [6.45, 7) is 12.7. The molecule has 0 aliphatic heterocycles. The number of Topliss-reactive ketones (excluding diaryl/α,β-unsaturated/α-hetero) is 1. The molecular weight excluding hydrogens is 484 g/mol. The number of para-hydroxylation sites is 3. The molecule has 0 saturated heterocycles. The molecule has 2 heterocycles. The molecule has 0 bridgehead atoms. The Balaban J connectivity index is 1.57. The molecule has 39 heavy (non-hydrogen) atoms. The molecule has 6 heteroatoms. The number of aromatic nitrogens is 3. The lowest BCUT2D eigenvalue weighted by molar-refractivity contribution is 0.0971. The van der Waals surface area contributed by atoms with Crippen LogP contribution in [0.15, 0.2) is 72.8 Å². The number of rotatable bonds is 5. The lowest BCUT2D eigenvalue weighted by atomic mass is 9.78. The first-order valence-electron chi connectivity index (χ1n) is 13.3. The number of carbonyl (C=O) groups excluding carboxylic acids is 1. The van der Waals surface area contributed by atoms with Gasteiger partial charge in [-0.05, 0) is 47.2 Å². The second-order valence-corrected chi connectivity index (χ2v) is 12.3. The van der Waals surface area contributed by atoms with E-state index < -0.39 is 0 Å². The van der Waals surface area contributed by atoms with Crippen molar-refractivity contribution >= 4 is 27.7 Å². The summed E-state index contributed by atoms with van der Waals surface area (Å²) in [4.78, 5) is 18.6. The zero-order valence-corrected chi connectivity index (χ0v) is 23.5. The fourth-order valence-corrected chi connectivity index (χ4v) is 5.15. The van der Waals surface area contributed by atoms with E-state index in [1.807, 2.05) is 113 Å². The van der Waals surface area contributed by atoms with Crippen molar-refractivity contribution in [1.29, 1.82) is 5.41 Å². The Kier molecular flexibility index (Phi) is 6.45. The number of benzene rings is 3. The van der Waals surface area contributed by atoms with Gasteiger partial charge in [-0.3, -0.25) is 15.2 Å². The Morgan fingerprint density at radius 1 is 0.821 bits per heavy atom. The Morgan fingerprint density at radius 2 is 1.38 bits per heavy atom. The molecule has 2 aromatic heterocycles. The smallest absolute Gasteiger partial charge is 0.203 e. The van der Waals surface area contributed by atoms with Gasteiger partial charge in [0.25, 0.3) is 0 Å². The standard InChI is InChI=1S/C33H36N4O2/c1-32(2,3)24-17-22(18-25(30(24)39)33(4,5)6)29(38)20-37-28-14-10-9-13-27(28)36(31(37)34)19-23-16-15-21-11-7-8-12-26(21)35-23/h7-18,34,39H,19-20H2,1-6H3. The van der Waals surface area contributed by atoms with Gasteiger partial charge in [-0.25, -0.2) is 0 Å². The number of aromatic hydroxyl groups is 1. The second kappa shape index (κ2) is 9.53. The maximum atomic E-state index is 13.8. The number of hydrogen-bond donors (Lipinski definition) is 2. The highest BCUT2D eigenvalue weighted by molar-refractivity contribution is 5.97. The first-order chi connectivity index (χ1) is 18.3. The van der Waals surface area contributed by atoms with Crippen molar-refractivity contribution < 1.29 is 9.90 Å². The Hall–Kier alpha value is -4.19. The molecule has 3 aromatic carbocycles. The number of imidazole rings is 1. The van der Waals surface area contributed by atoms with Crippen molar-refractivity contribution in [3.63, 3.8) is 0 Å². The first kappa shape index (κ1) is 26.4. The molecule has 0 aliphatic carbocycles. The predicted molar refractivity (Wildman–Crippen MR) is 156 cm³/mol. The van der Waals surface area contributed by atoms with Crippen LogP contribution in [0.3, 0.4) is 0 Å². The van der Waals surface area contributed by atoms with E-state index in [2.05, 4.69) is 6.07 Å². The maximum absolute atomic E-state index is 13.8. The molecule has 0 fully saturated rings. The van der Waals surface area contributed by atoms with Crippen LogP contribution < -0.4 is 5.62 Å². The quantitative estimate of drug-likeness (QED) is 0.253. The highest BCUT2D eigenvalue weighted by Crippen LogP contribution is 2.40. The van der Waals surface area contributed by atoms with Crippen LogP contribution in [0, 0.1) is 5.41 Å². The van der Waals surface area contributed by atoms with Gasteiger partial charge in [0.15, 0.2) is 5.78 Å². The molecular formula is C33H36N4O2. The molecule has 5 aromatic rings. The van der Waals surface area contributed by atoms with E-state index in [1.165, 1.54) is 0 Å². The van der Waals surface area contributed by atoms with E-state index >= 15 is 0 Å². The average molecular weight is 521 g/mol. The third-order valence-electron chi connectivity index (χ3n) is 7.30. The Labute approximate surface area is 229 Å². The summed E-state index contributed by atoms with van der Waals surface area (Å²) in [5, 5.41) is 21.2. The number of pyridine rings is 1. The minimum atomic E-state index is -0.336. The van der Waals surface area contributed by atoms with E-state index in [4.69, 9.17) is 10.4 Å². The molecule has 0 aliphatic rings. The molecule has 0 unspecified atom stereocenters. The van der Waals surface area contributed by atoms with E-state index in [9.17, 15) is 9.90 Å². The Morgan fingerprint density at radius 3 is 2.00 bits per heavy atom. The van der Waals surface area contributed by atoms with E-state index in [0.717, 1.165) is 38.8 Å². The largest absolute Gasteiger partial charge is 0.507 e. The van der Waals surface area contributed by atoms with Gasteiger partial charge in [0.05, 0.1) is 35.3 Å². The summed E-state index contributed by atoms with van der Waals surface area (Å²) in [5.41, 5.74) is 5.08. The number of fused-ring (bicyclic) bond motifs is 2. The van der Waals surface area contributed by atoms with Crippen LogP contribution in [-0.2, 0) is 23.9 Å². The number of hydrogen-bond acceptors (Lipinski definition) is 4. The van der Waals surface area contributed by atoms with Crippen molar-refractivity contribution in [3.8, 4) is 5.75 Å². The lowest BCUT2D eigenvalue weighted by Crippen LogP contribution is -2.28. The van der Waals surface area contributed by atoms with Crippen molar-refractivity contribution in [2.75, 3.05) is 0 Å². The predicted octanol–water partition coefficient (Wildman–Crippen LogP) is 6.70. The fraction of sp³-hybridized carbons (Fsp3) is 0.303. The van der Waals surface area contributed by atoms with E-state index in [1.54, 1.807) is 4.57 Å². The average Bonchev–Trinajstić information content (AvgIpc) is 3.13. The lowest BCUT2D eigenvalue weighted by Gasteiger charge is -2.28. The molecule has 5 rings (SSSR count). The van der Waals surface area contributed by atoms with Gasteiger partial charge < -0.3 is 14.2 Å². The van der Waals surface area contributed by atoms with Crippen LogP contribution in [0.25, 0.3) is 21.9 Å². The highest BCUT2D eigenvalue weighted by Gasteiger charge is 2.28. The third kappa shape index (κ3) is 4.99. The monoisotopic (exact) mass is 520 g/mol. The van der Waals surface area contributed by atoms with Crippen LogP contribution in [0.4, 0.5) is 0 Å². The SMILES string of the molecule is CC(C)(C)c1cc(C(=O)Cn2c(=N)n(Cc3ccc4ccccc4n3)c3ccccc32)cc(C(C)(C)C)c1O. The van der Waals surface area contributed by atoms with Gasteiger partial charge in [0, 0.05) is 22.1 Å². The highest BCUT2D eigenvalue weighted by atomic mass is 16.3. The molecule has 2 N–H and O–H groups in total. The van der Waals surface area contributed by atoms with Crippen LogP contribution in [-0.4, -0.2) is 25.0 Å². The zero-order valence-electron chi connectivity index (χ0n) is 23.5. The maximum Gasteiger partial charge on any atom is 0.203 e. The van der Waals surface area contributed by atoms with Crippen LogP contribution in [0.1, 0.15) is 68.7 Å². The number of nitrogens with zero attached hydrogens (tertiary/aromatic N) is 3. The van der Waals surface area contributed by atoms with Crippen molar-refractivity contribution in [1.82, 2.24) is 14.1 Å². The zero-order chi connectivity index (χ0) is 28.1. The second-order valence-electron chi connectivity index (χ2n) is 12.3. The summed E-state index contributed by atoms with van der Waals surface area (Å²) in [6, 6.07) is 23.5. The molecule has 0 atom stereocenters. The number of phenolic OH excluding ortho intramolecular Hbond substituents is 1. The van der Waals surface area contributed by atoms with Crippen molar-refractivity contribution in [2.24, 2.45) is 0 Å². The minimum Gasteiger partial charge on any atom is -0.507 e. The van der Waals surface area contributed by atoms with Crippen LogP contribution in [0.5, 0.6) is 5.75 Å². The van der Waals surface area contributed by atoms with Crippen LogP contribution >= 0.6 is 0 Å². The van der Waals surface area contributed by atoms with Gasteiger partial charge >= 0.3 is 0 Å². The first-order valence-corrected chi connectivity index (χ1v) is 13.3. The fourth-order valence-electron chi connectivity index (χ4n) is 5.15. The van der Waals surface area contributed by atoms with Crippen molar-refractivity contribution in [2.45, 2.75) is 65.5 Å². The number of phenols is 1. The van der Waals surface area contributed by atoms with Gasteiger partial charge in [0.2, 0.25) is 5.62 Å². The summed E-state index contributed by atoms with van der Waals surface area (Å²) < 4.78 is 3.66. The summed E-state index contributed by atoms with van der Waals surface area (Å²) >= 11 is 0. The summed E-state index contributed by atoms with van der Waals surface area (Å²) in [6.07, 6.45) is 0. The molecule has 0 amide bonds. The van der Waals surface area contributed by atoms with Gasteiger partial charge in [-0.15, -0.1) is 0 Å². The van der Waals surface area contributed by atoms with E-state index in [-0.39, 0.29) is 34.5 Å². The number of ketones is 1. The Bertz CT molecular complexity index is 1740. The molecule has 0 radical (unpaired) electrons. The molecule has 200 valence electrons. The van der Waals surface area contributed by atoms with Gasteiger partial charge in [0.1, 0.15) is 5.75 Å².